The van der Waals surface area contributed by atoms with Crippen LogP contribution < -0.4 is 20.7 Å². The number of carbonyl (C=O) groups is 3. The topological polar surface area (TPSA) is 311 Å². The maximum absolute atomic E-state index is 11.5. The third-order valence-electron chi connectivity index (χ3n) is 13.8. The average molecular weight is 1470 g/mol. The Balaban J connectivity index is 0.00000118. The Labute approximate surface area is 636 Å². The van der Waals surface area contributed by atoms with Crippen LogP contribution in [-0.2, 0) is 66.3 Å². The van der Waals surface area contributed by atoms with Crippen LogP contribution >= 0.6 is 0 Å². The van der Waals surface area contributed by atoms with Crippen molar-refractivity contribution < 1.29 is 33.2 Å². The quantitative estimate of drug-likeness (QED) is 0.0988. The molecular weight excluding hydrogens is 1330 g/mol. The molecule has 1 aromatic carbocycles. The van der Waals surface area contributed by atoms with Gasteiger partial charge in [0.2, 0.25) is 35.9 Å². The van der Waals surface area contributed by atoms with Crippen molar-refractivity contribution in [1.82, 2.24) is 81.1 Å². The van der Waals surface area contributed by atoms with Crippen molar-refractivity contribution in [1.29, 1.82) is 0 Å². The summed E-state index contributed by atoms with van der Waals surface area (Å²) in [6.07, 6.45) is 18.0. The number of nitrogens with one attached hydrogen (secondary N) is 3. The lowest BCUT2D eigenvalue weighted by atomic mass is 9.95. The third-order valence-corrected chi connectivity index (χ3v) is 13.8. The van der Waals surface area contributed by atoms with Crippen molar-refractivity contribution in [2.45, 2.75) is 286 Å². The minimum atomic E-state index is -0.331. The number of nitrogens with zero attached hydrogens (tertiary/aromatic N) is 13. The van der Waals surface area contributed by atoms with Crippen molar-refractivity contribution in [3.8, 4) is 5.75 Å². The number of ether oxygens (including phenoxy) is 1. The van der Waals surface area contributed by atoms with E-state index in [9.17, 15) is 14.4 Å². The Morgan fingerprint density at radius 3 is 1.27 bits per heavy atom. The molecule has 106 heavy (non-hydrogen) atoms. The number of pyridine rings is 1. The first-order chi connectivity index (χ1) is 48.5. The predicted octanol–water partition coefficient (Wildman–Crippen LogP) is 16.4. The second-order valence-corrected chi connectivity index (χ2v) is 35.0. The Morgan fingerprint density at radius 1 is 0.481 bits per heavy atom. The molecule has 0 saturated carbocycles. The van der Waals surface area contributed by atoms with Crippen LogP contribution in [0.25, 0.3) is 0 Å². The zero-order valence-corrected chi connectivity index (χ0v) is 70.9. The van der Waals surface area contributed by atoms with E-state index < -0.39 is 0 Å². The molecule has 0 aliphatic rings. The summed E-state index contributed by atoms with van der Waals surface area (Å²) in [5.74, 6) is 6.59. The summed E-state index contributed by atoms with van der Waals surface area (Å²) in [7, 11) is 1.61. The van der Waals surface area contributed by atoms with Gasteiger partial charge in [-0.2, -0.15) is 4.98 Å². The van der Waals surface area contributed by atoms with Gasteiger partial charge in [-0.25, -0.2) is 39.9 Å². The molecule has 23 nitrogen and oxygen atoms in total. The van der Waals surface area contributed by atoms with E-state index in [1.54, 1.807) is 44.3 Å². The molecule has 8 rings (SSSR count). The van der Waals surface area contributed by atoms with E-state index in [-0.39, 0.29) is 79.1 Å². The second kappa shape index (κ2) is 44.9. The van der Waals surface area contributed by atoms with Crippen molar-refractivity contribution in [2.24, 2.45) is 16.2 Å². The number of aryl methyl sites for hydroxylation is 4. The van der Waals surface area contributed by atoms with Gasteiger partial charge in [-0.1, -0.05) is 228 Å². The normalized spacial score (nSPS) is 11.5. The van der Waals surface area contributed by atoms with E-state index in [2.05, 4.69) is 176 Å². The SMILES string of the molecule is CC(C)(C)C(=O)NCCc1ccccc1.CC(C)(C)C(=O)NCc1cccnc1.CC(C)(C)c1ncc(CCCO)cn1.CC(C)(C)c1ncccn1.CC(C)(C)c1nnco1.CC(C)NC(=O)C(C)(C)C.COc1cnc(C(C)(C)C)nc1.Cc1cc(C)nc(C(C)(C)C)n1.Cc1noc(C(C)(C)C)n1. The number of hydrogen-bond donors (Lipinski definition) is 4. The van der Waals surface area contributed by atoms with E-state index in [4.69, 9.17) is 18.8 Å². The predicted molar refractivity (Wildman–Crippen MR) is 426 cm³/mol. The van der Waals surface area contributed by atoms with Gasteiger partial charge in [-0.3, -0.25) is 19.4 Å². The van der Waals surface area contributed by atoms with Gasteiger partial charge >= 0.3 is 0 Å². The monoisotopic (exact) mass is 1470 g/mol. The van der Waals surface area contributed by atoms with Gasteiger partial charge < -0.3 is 34.7 Å². The van der Waals surface area contributed by atoms with E-state index in [0.29, 0.717) is 36.4 Å². The van der Waals surface area contributed by atoms with Crippen molar-refractivity contribution in [2.75, 3.05) is 20.3 Å². The van der Waals surface area contributed by atoms with Gasteiger partial charge in [0, 0.05) is 123 Å². The standard InChI is InChI=1S/C13H19NO.C11H18N2O.C11H16N2O.C10H16N2.C9H14N2O.C8H12N2.C8H17NO.C7H12N2O.C6H10N2O/c1-13(2,3)12(15)14-10-9-11-7-5-4-6-8-11;1-11(2,3)10-12-7-9(8-13-10)5-4-6-14;1-11(2,3)10(14)13-8-9-5-4-6-12-7-9;1-7-6-8(2)12-9(11-7)10(3,4)5;1-9(2,3)8-10-5-7(12-4)6-11-8;1-8(2,3)7-9-5-4-6-10-7;1-6(2)9-7(10)8(3,4)5;1-5-8-6(10-9-5)7(2,3)4;1-6(2,3)5-8-7-4-9-5/h4-8H,9-10H2,1-3H3,(H,14,15);7-8,14H,4-6H2,1-3H3;4-7H,8H2,1-3H3,(H,13,14);6H,1-5H3;5-6H,1-4H3;4-6H,1-3H3;6H,1-5H3,(H,9,10);1-4H3;4H,1-3H3. The lowest BCUT2D eigenvalue weighted by Gasteiger charge is -2.19. The number of rotatable bonds is 10. The maximum atomic E-state index is 11.5. The fourth-order valence-electron chi connectivity index (χ4n) is 7.47. The number of aromatic nitrogens is 13. The maximum Gasteiger partial charge on any atom is 0.232 e. The molecule has 7 aromatic heterocycles. The fourth-order valence-corrected chi connectivity index (χ4v) is 7.47. The van der Waals surface area contributed by atoms with Gasteiger partial charge in [0.05, 0.1) is 19.5 Å². The minimum Gasteiger partial charge on any atom is -0.494 e. The highest BCUT2D eigenvalue weighted by Crippen LogP contribution is 2.23. The molecule has 0 radical (unpaired) electrons. The Bertz CT molecular complexity index is 3650. The highest BCUT2D eigenvalue weighted by molar-refractivity contribution is 5.82. The molecule has 0 atom stereocenters. The van der Waals surface area contributed by atoms with Crippen LogP contribution in [0.4, 0.5) is 0 Å². The van der Waals surface area contributed by atoms with Gasteiger partial charge in [0.25, 0.3) is 0 Å². The molecule has 0 spiro atoms. The molecule has 0 unspecified atom stereocenters. The van der Waals surface area contributed by atoms with Crippen molar-refractivity contribution in [3.63, 3.8) is 0 Å². The summed E-state index contributed by atoms with van der Waals surface area (Å²) < 4.78 is 14.9. The van der Waals surface area contributed by atoms with Gasteiger partial charge in [0.1, 0.15) is 23.3 Å². The van der Waals surface area contributed by atoms with Gasteiger partial charge in [-0.05, 0) is 88.8 Å². The Kier molecular flexibility index (Phi) is 41.2. The molecule has 7 heterocycles. The summed E-state index contributed by atoms with van der Waals surface area (Å²) in [6.45, 7) is 65.8. The molecule has 588 valence electrons. The van der Waals surface area contributed by atoms with E-state index >= 15 is 0 Å². The minimum absolute atomic E-state index is 0.00622. The smallest absolute Gasteiger partial charge is 0.232 e. The number of aliphatic hydroxyl groups is 1. The Hall–Kier alpha value is -8.86. The largest absolute Gasteiger partial charge is 0.494 e. The number of amides is 3. The summed E-state index contributed by atoms with van der Waals surface area (Å²) in [5.41, 5.74) is 4.67. The van der Waals surface area contributed by atoms with Crippen LogP contribution in [0.3, 0.4) is 0 Å². The molecule has 0 fully saturated rings. The molecule has 3 amide bonds. The fraction of sp³-hybridized carbons (Fsp3) is 0.590. The molecule has 4 N–H and O–H groups in total. The molecule has 0 bridgehead atoms. The van der Waals surface area contributed by atoms with E-state index in [1.807, 2.05) is 193 Å². The molecular formula is C83H134N16O7. The number of hydrogen-bond acceptors (Lipinski definition) is 20. The average Bonchev–Trinajstić information content (AvgIpc) is 1.01. The van der Waals surface area contributed by atoms with Crippen molar-refractivity contribution >= 4 is 17.7 Å². The zero-order valence-electron chi connectivity index (χ0n) is 70.9. The number of carbonyl (C=O) groups excluding carboxylic acids is 3. The summed E-state index contributed by atoms with van der Waals surface area (Å²) >= 11 is 0. The first kappa shape index (κ1) is 97.1. The number of aliphatic hydroxyl groups excluding tert-OH is 1. The van der Waals surface area contributed by atoms with Crippen LogP contribution in [0.2, 0.25) is 0 Å². The molecule has 8 aromatic rings. The lowest BCUT2D eigenvalue weighted by molar-refractivity contribution is -0.129. The van der Waals surface area contributed by atoms with Crippen LogP contribution in [-0.4, -0.2) is 114 Å². The van der Waals surface area contributed by atoms with E-state index in [0.717, 1.165) is 65.1 Å². The number of benzene rings is 1. The second-order valence-electron chi connectivity index (χ2n) is 35.0. The van der Waals surface area contributed by atoms with Gasteiger partial charge in [0.15, 0.2) is 11.6 Å². The first-order valence-corrected chi connectivity index (χ1v) is 36.3. The van der Waals surface area contributed by atoms with Crippen LogP contribution in [0.15, 0.2) is 120 Å². The lowest BCUT2D eigenvalue weighted by Crippen LogP contribution is -2.38. The summed E-state index contributed by atoms with van der Waals surface area (Å²) in [6, 6.07) is 18.0. The molecule has 0 saturated heterocycles. The highest BCUT2D eigenvalue weighted by atomic mass is 16.5. The summed E-state index contributed by atoms with van der Waals surface area (Å²) in [4.78, 5) is 76.3. The van der Waals surface area contributed by atoms with Crippen LogP contribution in [0, 0.1) is 37.0 Å². The number of methoxy groups -OCH3 is 1. The summed E-state index contributed by atoms with van der Waals surface area (Å²) in [5, 5.41) is 28.3. The van der Waals surface area contributed by atoms with Crippen molar-refractivity contribution in [3.05, 3.63) is 180 Å². The van der Waals surface area contributed by atoms with E-state index in [1.165, 1.54) is 12.0 Å². The Morgan fingerprint density at radius 2 is 0.934 bits per heavy atom. The highest BCUT2D eigenvalue weighted by Gasteiger charge is 2.25. The zero-order chi connectivity index (χ0) is 81.7. The van der Waals surface area contributed by atoms with Gasteiger partial charge in [-0.15, -0.1) is 10.2 Å². The molecule has 0 aliphatic heterocycles. The van der Waals surface area contributed by atoms with Crippen LogP contribution in [0.1, 0.15) is 276 Å². The molecule has 23 heteroatoms. The first-order valence-electron chi connectivity index (χ1n) is 36.3. The third kappa shape index (κ3) is 44.2. The van der Waals surface area contributed by atoms with Crippen LogP contribution in [0.5, 0.6) is 5.75 Å². The molecule has 0 aliphatic carbocycles.